The van der Waals surface area contributed by atoms with Crippen LogP contribution in [0.1, 0.15) is 36.0 Å². The second-order valence-corrected chi connectivity index (χ2v) is 6.00. The Morgan fingerprint density at radius 1 is 1.00 bits per heavy atom. The summed E-state index contributed by atoms with van der Waals surface area (Å²) >= 11 is 5.20. The van der Waals surface area contributed by atoms with Crippen LogP contribution < -0.4 is 16.2 Å². The molecule has 1 fully saturated rings. The molecule has 1 saturated carbocycles. The van der Waals surface area contributed by atoms with Crippen LogP contribution in [0.4, 0.5) is 0 Å². The van der Waals surface area contributed by atoms with E-state index in [2.05, 4.69) is 16.2 Å². The molecule has 2 aromatic rings. The Hall–Kier alpha value is -2.14. The molecule has 0 unspecified atom stereocenters. The summed E-state index contributed by atoms with van der Waals surface area (Å²) in [5, 5.41) is 5.85. The number of nitrogens with one attached hydrogen (secondary N) is 3. The summed E-state index contributed by atoms with van der Waals surface area (Å²) in [7, 11) is 0. The zero-order valence-corrected chi connectivity index (χ0v) is 13.1. The molecule has 0 spiro atoms. The van der Waals surface area contributed by atoms with Gasteiger partial charge in [-0.15, -0.1) is 0 Å². The molecule has 0 heterocycles. The van der Waals surface area contributed by atoms with Crippen LogP contribution in [-0.2, 0) is 0 Å². The van der Waals surface area contributed by atoms with Crippen LogP contribution in [0.3, 0.4) is 0 Å². The summed E-state index contributed by atoms with van der Waals surface area (Å²) in [5.74, 6) is -0.193. The maximum absolute atomic E-state index is 12.2. The lowest BCUT2D eigenvalue weighted by atomic mass is 10.1. The molecule has 0 atom stereocenters. The molecular formula is C17H19N3OS. The van der Waals surface area contributed by atoms with Gasteiger partial charge in [0.1, 0.15) is 0 Å². The van der Waals surface area contributed by atoms with E-state index >= 15 is 0 Å². The summed E-state index contributed by atoms with van der Waals surface area (Å²) in [6, 6.07) is 14.0. The molecule has 0 aromatic heterocycles. The van der Waals surface area contributed by atoms with Crippen molar-refractivity contribution in [2.45, 2.75) is 31.7 Å². The summed E-state index contributed by atoms with van der Waals surface area (Å²) in [6.07, 6.45) is 4.76. The first-order chi connectivity index (χ1) is 10.7. The molecule has 5 heteroatoms. The second kappa shape index (κ2) is 6.75. The number of amides is 1. The fraction of sp³-hybridized carbons (Fsp3) is 0.294. The fourth-order valence-electron chi connectivity index (χ4n) is 2.81. The molecule has 0 radical (unpaired) electrons. The number of fused-ring (bicyclic) bond motifs is 1. The van der Waals surface area contributed by atoms with E-state index in [0.717, 1.165) is 23.6 Å². The molecule has 22 heavy (non-hydrogen) atoms. The molecule has 3 N–H and O–H groups in total. The smallest absolute Gasteiger partial charge is 0.269 e. The Labute approximate surface area is 135 Å². The van der Waals surface area contributed by atoms with E-state index in [-0.39, 0.29) is 5.91 Å². The van der Waals surface area contributed by atoms with E-state index in [1.165, 1.54) is 12.8 Å². The van der Waals surface area contributed by atoms with Gasteiger partial charge in [0.05, 0.1) is 0 Å². The topological polar surface area (TPSA) is 53.2 Å². The molecule has 0 aliphatic heterocycles. The summed E-state index contributed by atoms with van der Waals surface area (Å²) in [4.78, 5) is 12.2. The first-order valence-corrected chi connectivity index (χ1v) is 7.99. The lowest BCUT2D eigenvalue weighted by Crippen LogP contribution is -2.49. The zero-order valence-electron chi connectivity index (χ0n) is 12.3. The summed E-state index contributed by atoms with van der Waals surface area (Å²) < 4.78 is 0. The van der Waals surface area contributed by atoms with Crippen LogP contribution in [0.2, 0.25) is 0 Å². The monoisotopic (exact) mass is 313 g/mol. The molecule has 114 valence electrons. The Morgan fingerprint density at radius 3 is 2.50 bits per heavy atom. The third kappa shape index (κ3) is 3.54. The van der Waals surface area contributed by atoms with Gasteiger partial charge in [-0.3, -0.25) is 15.6 Å². The van der Waals surface area contributed by atoms with E-state index in [4.69, 9.17) is 12.2 Å². The Morgan fingerprint density at radius 2 is 1.73 bits per heavy atom. The van der Waals surface area contributed by atoms with Crippen molar-refractivity contribution in [2.24, 2.45) is 0 Å². The number of rotatable bonds is 2. The van der Waals surface area contributed by atoms with Crippen molar-refractivity contribution in [1.82, 2.24) is 16.2 Å². The van der Waals surface area contributed by atoms with Crippen molar-refractivity contribution in [3.63, 3.8) is 0 Å². The van der Waals surface area contributed by atoms with Gasteiger partial charge >= 0.3 is 0 Å². The van der Waals surface area contributed by atoms with Crippen LogP contribution in [0.25, 0.3) is 10.8 Å². The van der Waals surface area contributed by atoms with Crippen molar-refractivity contribution in [1.29, 1.82) is 0 Å². The summed E-state index contributed by atoms with van der Waals surface area (Å²) in [6.45, 7) is 0. The van der Waals surface area contributed by atoms with E-state index < -0.39 is 0 Å². The number of carbonyl (C=O) groups is 1. The van der Waals surface area contributed by atoms with Gasteiger partial charge < -0.3 is 5.32 Å². The highest BCUT2D eigenvalue weighted by molar-refractivity contribution is 7.80. The number of carbonyl (C=O) groups excluding carboxylic acids is 1. The molecule has 4 nitrogen and oxygen atoms in total. The Kier molecular flexibility index (Phi) is 4.53. The minimum absolute atomic E-state index is 0.193. The molecule has 1 amide bonds. The largest absolute Gasteiger partial charge is 0.359 e. The minimum Gasteiger partial charge on any atom is -0.359 e. The molecule has 0 saturated heterocycles. The fourth-order valence-corrected chi connectivity index (χ4v) is 3.03. The van der Waals surface area contributed by atoms with Gasteiger partial charge in [0.15, 0.2) is 5.11 Å². The Bertz CT molecular complexity index is 695. The predicted octanol–water partition coefficient (Wildman–Crippen LogP) is 2.89. The quantitative estimate of drug-likeness (QED) is 0.589. The molecule has 2 aromatic carbocycles. The normalized spacial score (nSPS) is 14.7. The molecular weight excluding hydrogens is 294 g/mol. The standard InChI is InChI=1S/C17H19N3OS/c21-16(19-20-17(22)18-15-7-3-4-8-15)14-10-9-12-5-1-2-6-13(12)11-14/h1-2,5-6,9-11,15H,3-4,7-8H2,(H,19,21)(H2,18,20,22). The summed E-state index contributed by atoms with van der Waals surface area (Å²) in [5.41, 5.74) is 6.03. The van der Waals surface area contributed by atoms with Crippen molar-refractivity contribution in [2.75, 3.05) is 0 Å². The average molecular weight is 313 g/mol. The highest BCUT2D eigenvalue weighted by Gasteiger charge is 2.15. The van der Waals surface area contributed by atoms with Crippen molar-refractivity contribution in [3.05, 3.63) is 48.0 Å². The van der Waals surface area contributed by atoms with E-state index in [0.29, 0.717) is 16.7 Å². The molecule has 0 bridgehead atoms. The van der Waals surface area contributed by atoms with Crippen LogP contribution in [0, 0.1) is 0 Å². The van der Waals surface area contributed by atoms with E-state index in [1.807, 2.05) is 42.5 Å². The van der Waals surface area contributed by atoms with Crippen molar-refractivity contribution < 1.29 is 4.79 Å². The van der Waals surface area contributed by atoms with Gasteiger partial charge in [-0.1, -0.05) is 43.2 Å². The average Bonchev–Trinajstić information content (AvgIpc) is 3.05. The second-order valence-electron chi connectivity index (χ2n) is 5.60. The first-order valence-electron chi connectivity index (χ1n) is 7.58. The van der Waals surface area contributed by atoms with Crippen LogP contribution in [0.15, 0.2) is 42.5 Å². The van der Waals surface area contributed by atoms with E-state index in [9.17, 15) is 4.79 Å². The number of hydrogen-bond acceptors (Lipinski definition) is 2. The van der Waals surface area contributed by atoms with Crippen LogP contribution >= 0.6 is 12.2 Å². The van der Waals surface area contributed by atoms with Gasteiger partial charge in [-0.25, -0.2) is 0 Å². The van der Waals surface area contributed by atoms with Crippen molar-refractivity contribution >= 4 is 34.0 Å². The predicted molar refractivity (Wildman–Crippen MR) is 92.5 cm³/mol. The maximum atomic E-state index is 12.2. The van der Waals surface area contributed by atoms with Gasteiger partial charge in [-0.05, 0) is 48.0 Å². The number of benzene rings is 2. The Balaban J connectivity index is 1.57. The third-order valence-corrected chi connectivity index (χ3v) is 4.21. The lowest BCUT2D eigenvalue weighted by Gasteiger charge is -2.16. The maximum Gasteiger partial charge on any atom is 0.269 e. The van der Waals surface area contributed by atoms with Crippen LogP contribution in [-0.4, -0.2) is 17.1 Å². The van der Waals surface area contributed by atoms with Crippen LogP contribution in [0.5, 0.6) is 0 Å². The highest BCUT2D eigenvalue weighted by Crippen LogP contribution is 2.17. The minimum atomic E-state index is -0.193. The van der Waals surface area contributed by atoms with E-state index in [1.54, 1.807) is 0 Å². The SMILES string of the molecule is O=C(NNC(=S)NC1CCCC1)c1ccc2ccccc2c1. The lowest BCUT2D eigenvalue weighted by molar-refractivity contribution is 0.0943. The number of thiocarbonyl (C=S) groups is 1. The van der Waals surface area contributed by atoms with Gasteiger partial charge in [0, 0.05) is 11.6 Å². The molecule has 1 aliphatic rings. The first kappa shape index (κ1) is 14.8. The number of hydrazine groups is 1. The van der Waals surface area contributed by atoms with Gasteiger partial charge in [0.2, 0.25) is 0 Å². The van der Waals surface area contributed by atoms with Gasteiger partial charge in [-0.2, -0.15) is 0 Å². The molecule has 1 aliphatic carbocycles. The number of hydrogen-bond donors (Lipinski definition) is 3. The zero-order chi connectivity index (χ0) is 15.4. The molecule has 3 rings (SSSR count). The van der Waals surface area contributed by atoms with Crippen molar-refractivity contribution in [3.8, 4) is 0 Å². The highest BCUT2D eigenvalue weighted by atomic mass is 32.1. The third-order valence-electron chi connectivity index (χ3n) is 3.99. The van der Waals surface area contributed by atoms with Gasteiger partial charge in [0.25, 0.3) is 5.91 Å².